The van der Waals surface area contributed by atoms with E-state index < -0.39 is 11.9 Å². The molecule has 2 heterocycles. The Labute approximate surface area is 184 Å². The Morgan fingerprint density at radius 2 is 1.55 bits per heavy atom. The lowest BCUT2D eigenvalue weighted by atomic mass is 9.96. The van der Waals surface area contributed by atoms with E-state index in [1.807, 2.05) is 53.9 Å². The summed E-state index contributed by atoms with van der Waals surface area (Å²) in [5.41, 5.74) is 4.74. The first-order valence-electron chi connectivity index (χ1n) is 9.78. The summed E-state index contributed by atoms with van der Waals surface area (Å²) in [4.78, 5) is 29.0. The molecule has 1 amide bonds. The summed E-state index contributed by atoms with van der Waals surface area (Å²) in [5, 5.41) is 14.3. The van der Waals surface area contributed by atoms with Crippen LogP contribution >= 0.6 is 11.3 Å². The molecule has 31 heavy (non-hydrogen) atoms. The number of carboxylic acid groups (broad SMARTS) is 1. The number of nitrogens with one attached hydrogen (secondary N) is 1. The number of carbonyl (C=O) groups is 2. The second-order valence-corrected chi connectivity index (χ2v) is 7.90. The standard InChI is InChI=1S/C25H20N2O3S/c28-24(27-15-22(25(29)30)17-6-2-1-3-7-17)23-14-19(16-31-23)21-9-5-4-8-20(21)18-10-12-26-13-11-18/h1-14,16,22H,15H2,(H,27,28)(H,29,30)/t22-/m0/s1. The van der Waals surface area contributed by atoms with Gasteiger partial charge in [0.05, 0.1) is 10.8 Å². The van der Waals surface area contributed by atoms with E-state index in [0.717, 1.165) is 22.3 Å². The maximum Gasteiger partial charge on any atom is 0.312 e. The largest absolute Gasteiger partial charge is 0.481 e. The first-order chi connectivity index (χ1) is 15.1. The van der Waals surface area contributed by atoms with Crippen LogP contribution in [0.3, 0.4) is 0 Å². The van der Waals surface area contributed by atoms with Crippen LogP contribution in [-0.4, -0.2) is 28.5 Å². The Kier molecular flexibility index (Phi) is 6.19. The predicted molar refractivity (Wildman–Crippen MR) is 122 cm³/mol. The molecule has 0 aliphatic rings. The third-order valence-electron chi connectivity index (χ3n) is 5.02. The first kappa shape index (κ1) is 20.5. The van der Waals surface area contributed by atoms with Gasteiger partial charge in [-0.15, -0.1) is 11.3 Å². The lowest BCUT2D eigenvalue weighted by Gasteiger charge is -2.13. The van der Waals surface area contributed by atoms with Crippen LogP contribution in [0, 0.1) is 0 Å². The molecule has 4 rings (SSSR count). The molecule has 0 bridgehead atoms. The van der Waals surface area contributed by atoms with E-state index in [9.17, 15) is 14.7 Å². The minimum Gasteiger partial charge on any atom is -0.481 e. The maximum atomic E-state index is 12.7. The molecule has 0 saturated heterocycles. The smallest absolute Gasteiger partial charge is 0.312 e. The molecule has 154 valence electrons. The van der Waals surface area contributed by atoms with Gasteiger partial charge in [-0.2, -0.15) is 0 Å². The molecule has 0 saturated carbocycles. The molecule has 0 unspecified atom stereocenters. The van der Waals surface area contributed by atoms with E-state index in [2.05, 4.69) is 10.3 Å². The minimum absolute atomic E-state index is 0.0268. The van der Waals surface area contributed by atoms with Crippen LogP contribution in [0.1, 0.15) is 21.2 Å². The number of aromatic nitrogens is 1. The zero-order chi connectivity index (χ0) is 21.6. The molecule has 1 atom stereocenters. The van der Waals surface area contributed by atoms with Crippen molar-refractivity contribution < 1.29 is 14.7 Å². The quantitative estimate of drug-likeness (QED) is 0.430. The highest BCUT2D eigenvalue weighted by atomic mass is 32.1. The monoisotopic (exact) mass is 428 g/mol. The number of rotatable bonds is 7. The summed E-state index contributed by atoms with van der Waals surface area (Å²) < 4.78 is 0. The molecular formula is C25H20N2O3S. The van der Waals surface area contributed by atoms with Crippen molar-refractivity contribution in [2.45, 2.75) is 5.92 Å². The molecule has 6 heteroatoms. The topological polar surface area (TPSA) is 79.3 Å². The number of nitrogens with zero attached hydrogens (tertiary/aromatic N) is 1. The van der Waals surface area contributed by atoms with Gasteiger partial charge in [0.15, 0.2) is 0 Å². The molecule has 2 N–H and O–H groups in total. The van der Waals surface area contributed by atoms with Gasteiger partial charge in [-0.25, -0.2) is 0 Å². The van der Waals surface area contributed by atoms with Crippen LogP contribution in [0.4, 0.5) is 0 Å². The highest BCUT2D eigenvalue weighted by Gasteiger charge is 2.21. The maximum absolute atomic E-state index is 12.7. The summed E-state index contributed by atoms with van der Waals surface area (Å²) in [6.45, 7) is 0.0268. The third kappa shape index (κ3) is 4.70. The van der Waals surface area contributed by atoms with Crippen molar-refractivity contribution in [3.05, 3.63) is 101 Å². The van der Waals surface area contributed by atoms with Gasteiger partial charge in [-0.3, -0.25) is 14.6 Å². The molecule has 4 aromatic rings. The average Bonchev–Trinajstić information content (AvgIpc) is 3.30. The first-order valence-corrected chi connectivity index (χ1v) is 10.7. The van der Waals surface area contributed by atoms with Gasteiger partial charge in [-0.1, -0.05) is 54.6 Å². The molecule has 0 radical (unpaired) electrons. The zero-order valence-corrected chi connectivity index (χ0v) is 17.4. The summed E-state index contributed by atoms with van der Waals surface area (Å²) in [6.07, 6.45) is 3.51. The normalized spacial score (nSPS) is 11.6. The van der Waals surface area contributed by atoms with E-state index >= 15 is 0 Å². The number of hydrogen-bond acceptors (Lipinski definition) is 4. The summed E-state index contributed by atoms with van der Waals surface area (Å²) in [7, 11) is 0. The van der Waals surface area contributed by atoms with E-state index in [1.165, 1.54) is 11.3 Å². The fourth-order valence-electron chi connectivity index (χ4n) is 3.43. The van der Waals surface area contributed by atoms with Crippen molar-refractivity contribution >= 4 is 23.2 Å². The van der Waals surface area contributed by atoms with Gasteiger partial charge in [0, 0.05) is 18.9 Å². The average molecular weight is 429 g/mol. The lowest BCUT2D eigenvalue weighted by molar-refractivity contribution is -0.138. The second-order valence-electron chi connectivity index (χ2n) is 6.99. The summed E-state index contributed by atoms with van der Waals surface area (Å²) in [5.74, 6) is -2.04. The number of carboxylic acids is 1. The number of carbonyl (C=O) groups excluding carboxylic acids is 1. The number of amides is 1. The molecule has 2 aromatic carbocycles. The van der Waals surface area contributed by atoms with E-state index in [0.29, 0.717) is 10.4 Å². The summed E-state index contributed by atoms with van der Waals surface area (Å²) in [6, 6.07) is 22.7. The highest BCUT2D eigenvalue weighted by Crippen LogP contribution is 2.34. The van der Waals surface area contributed by atoms with Crippen LogP contribution in [0.5, 0.6) is 0 Å². The highest BCUT2D eigenvalue weighted by molar-refractivity contribution is 7.12. The molecule has 2 aromatic heterocycles. The zero-order valence-electron chi connectivity index (χ0n) is 16.6. The number of pyridine rings is 1. The van der Waals surface area contributed by atoms with Crippen LogP contribution in [0.2, 0.25) is 0 Å². The van der Waals surface area contributed by atoms with Gasteiger partial charge in [-0.05, 0) is 51.4 Å². The Balaban J connectivity index is 1.52. The fourth-order valence-corrected chi connectivity index (χ4v) is 4.25. The Morgan fingerprint density at radius 1 is 0.903 bits per heavy atom. The van der Waals surface area contributed by atoms with Crippen molar-refractivity contribution in [3.63, 3.8) is 0 Å². The Bertz CT molecular complexity index is 1190. The number of hydrogen-bond donors (Lipinski definition) is 2. The van der Waals surface area contributed by atoms with Gasteiger partial charge in [0.25, 0.3) is 5.91 Å². The van der Waals surface area contributed by atoms with Gasteiger partial charge < -0.3 is 10.4 Å². The fraction of sp³-hybridized carbons (Fsp3) is 0.0800. The van der Waals surface area contributed by atoms with Crippen LogP contribution in [0.25, 0.3) is 22.3 Å². The van der Waals surface area contributed by atoms with Crippen LogP contribution in [-0.2, 0) is 4.79 Å². The molecule has 0 aliphatic heterocycles. The minimum atomic E-state index is -0.968. The molecule has 0 spiro atoms. The van der Waals surface area contributed by atoms with Gasteiger partial charge >= 0.3 is 5.97 Å². The number of aliphatic carboxylic acids is 1. The molecular weight excluding hydrogens is 408 g/mol. The van der Waals surface area contributed by atoms with E-state index in [1.54, 1.807) is 36.7 Å². The number of benzene rings is 2. The van der Waals surface area contributed by atoms with Crippen molar-refractivity contribution in [1.82, 2.24) is 10.3 Å². The summed E-state index contributed by atoms with van der Waals surface area (Å²) >= 11 is 1.34. The van der Waals surface area contributed by atoms with E-state index in [4.69, 9.17) is 0 Å². The lowest BCUT2D eigenvalue weighted by Crippen LogP contribution is -2.31. The van der Waals surface area contributed by atoms with Crippen molar-refractivity contribution in [2.75, 3.05) is 6.54 Å². The van der Waals surface area contributed by atoms with Crippen molar-refractivity contribution in [3.8, 4) is 22.3 Å². The van der Waals surface area contributed by atoms with Crippen molar-refractivity contribution in [2.24, 2.45) is 0 Å². The SMILES string of the molecule is O=C(NC[C@H](C(=O)O)c1ccccc1)c1cc(-c2ccccc2-c2ccncc2)cs1. The van der Waals surface area contributed by atoms with Crippen LogP contribution in [0.15, 0.2) is 90.6 Å². The number of thiophene rings is 1. The second kappa shape index (κ2) is 9.36. The Morgan fingerprint density at radius 3 is 2.23 bits per heavy atom. The van der Waals surface area contributed by atoms with Crippen molar-refractivity contribution in [1.29, 1.82) is 0 Å². The van der Waals surface area contributed by atoms with E-state index in [-0.39, 0.29) is 12.5 Å². The predicted octanol–water partition coefficient (Wildman–Crippen LogP) is 5.08. The molecule has 0 aliphatic carbocycles. The van der Waals surface area contributed by atoms with Crippen LogP contribution < -0.4 is 5.32 Å². The van der Waals surface area contributed by atoms with Gasteiger partial charge in [0.1, 0.15) is 0 Å². The van der Waals surface area contributed by atoms with Gasteiger partial charge in [0.2, 0.25) is 0 Å². The Hall–Kier alpha value is -3.77. The third-order valence-corrected chi connectivity index (χ3v) is 5.95. The molecule has 5 nitrogen and oxygen atoms in total. The molecule has 0 fully saturated rings.